The van der Waals surface area contributed by atoms with E-state index in [1.165, 1.54) is 0 Å². The molecule has 0 heterocycles. The van der Waals surface area contributed by atoms with E-state index in [2.05, 4.69) is 5.32 Å². The Morgan fingerprint density at radius 1 is 1.44 bits per heavy atom. The number of carbonyl (C=O) groups is 1. The lowest BCUT2D eigenvalue weighted by molar-refractivity contribution is -0.143. The summed E-state index contributed by atoms with van der Waals surface area (Å²) in [5, 5.41) is 21.8. The van der Waals surface area contributed by atoms with E-state index < -0.39 is 11.6 Å². The summed E-state index contributed by atoms with van der Waals surface area (Å²) < 4.78 is 0. The fourth-order valence-electron chi connectivity index (χ4n) is 2.18. The van der Waals surface area contributed by atoms with Gasteiger partial charge in [-0.2, -0.15) is 0 Å². The predicted octanol–water partition coefficient (Wildman–Crippen LogP) is 1.38. The average Bonchev–Trinajstić information content (AvgIpc) is 2.16. The highest BCUT2D eigenvalue weighted by atomic mass is 16.4. The van der Waals surface area contributed by atoms with Gasteiger partial charge in [-0.25, -0.2) is 0 Å². The van der Waals surface area contributed by atoms with Crippen molar-refractivity contribution < 1.29 is 15.0 Å². The van der Waals surface area contributed by atoms with Crippen molar-refractivity contribution in [2.45, 2.75) is 57.6 Å². The molecule has 0 saturated heterocycles. The first-order chi connectivity index (χ1) is 7.38. The number of carboxylic acid groups (broad SMARTS) is 1. The molecule has 2 atom stereocenters. The third kappa shape index (κ3) is 4.94. The van der Waals surface area contributed by atoms with Crippen molar-refractivity contribution in [1.29, 1.82) is 0 Å². The Labute approximate surface area is 97.0 Å². The zero-order chi connectivity index (χ0) is 12.2. The number of hydrogen-bond donors (Lipinski definition) is 3. The van der Waals surface area contributed by atoms with Crippen LogP contribution in [0.1, 0.15) is 46.0 Å². The monoisotopic (exact) mass is 229 g/mol. The SMILES string of the molecule is CC(C)(O)CCNC1CCCC(C(=O)O)C1. The van der Waals surface area contributed by atoms with E-state index in [-0.39, 0.29) is 5.92 Å². The van der Waals surface area contributed by atoms with Crippen molar-refractivity contribution in [2.75, 3.05) is 6.54 Å². The number of nitrogens with one attached hydrogen (secondary N) is 1. The van der Waals surface area contributed by atoms with E-state index in [1.54, 1.807) is 13.8 Å². The summed E-state index contributed by atoms with van der Waals surface area (Å²) in [6.45, 7) is 4.33. The van der Waals surface area contributed by atoms with Crippen LogP contribution in [0.2, 0.25) is 0 Å². The van der Waals surface area contributed by atoms with Crippen LogP contribution in [0.25, 0.3) is 0 Å². The number of carboxylic acids is 1. The van der Waals surface area contributed by atoms with Gasteiger partial charge in [0.15, 0.2) is 0 Å². The molecule has 2 unspecified atom stereocenters. The van der Waals surface area contributed by atoms with Gasteiger partial charge in [0.05, 0.1) is 11.5 Å². The number of aliphatic carboxylic acids is 1. The van der Waals surface area contributed by atoms with E-state index in [1.807, 2.05) is 0 Å². The molecule has 16 heavy (non-hydrogen) atoms. The van der Waals surface area contributed by atoms with Gasteiger partial charge in [-0.1, -0.05) is 6.42 Å². The first kappa shape index (κ1) is 13.5. The van der Waals surface area contributed by atoms with Gasteiger partial charge in [-0.05, 0) is 46.1 Å². The molecular formula is C12H23NO3. The molecule has 1 fully saturated rings. The maximum Gasteiger partial charge on any atom is 0.306 e. The number of aliphatic hydroxyl groups is 1. The topological polar surface area (TPSA) is 69.6 Å². The van der Waals surface area contributed by atoms with Gasteiger partial charge in [0, 0.05) is 6.04 Å². The van der Waals surface area contributed by atoms with Crippen LogP contribution in [0.4, 0.5) is 0 Å². The van der Waals surface area contributed by atoms with Crippen molar-refractivity contribution in [3.63, 3.8) is 0 Å². The molecule has 1 saturated carbocycles. The lowest BCUT2D eigenvalue weighted by Gasteiger charge is -2.28. The molecule has 4 nitrogen and oxygen atoms in total. The second-order valence-electron chi connectivity index (χ2n) is 5.42. The summed E-state index contributed by atoms with van der Waals surface area (Å²) in [4.78, 5) is 10.9. The Hall–Kier alpha value is -0.610. The summed E-state index contributed by atoms with van der Waals surface area (Å²) in [5.74, 6) is -0.859. The lowest BCUT2D eigenvalue weighted by atomic mass is 9.85. The molecule has 1 rings (SSSR count). The fourth-order valence-corrected chi connectivity index (χ4v) is 2.18. The second-order valence-corrected chi connectivity index (χ2v) is 5.42. The van der Waals surface area contributed by atoms with Gasteiger partial charge in [-0.15, -0.1) is 0 Å². The highest BCUT2D eigenvalue weighted by Gasteiger charge is 2.26. The largest absolute Gasteiger partial charge is 0.481 e. The van der Waals surface area contributed by atoms with E-state index in [4.69, 9.17) is 5.11 Å². The molecule has 0 aliphatic heterocycles. The van der Waals surface area contributed by atoms with Gasteiger partial charge < -0.3 is 15.5 Å². The van der Waals surface area contributed by atoms with Crippen molar-refractivity contribution in [2.24, 2.45) is 5.92 Å². The van der Waals surface area contributed by atoms with Crippen LogP contribution < -0.4 is 5.32 Å². The zero-order valence-electron chi connectivity index (χ0n) is 10.2. The molecule has 0 amide bonds. The van der Waals surface area contributed by atoms with E-state index in [0.29, 0.717) is 12.5 Å². The minimum absolute atomic E-state index is 0.187. The summed E-state index contributed by atoms with van der Waals surface area (Å²) in [5.41, 5.74) is -0.645. The summed E-state index contributed by atoms with van der Waals surface area (Å²) in [6, 6.07) is 0.303. The van der Waals surface area contributed by atoms with E-state index in [0.717, 1.165) is 32.2 Å². The molecule has 3 N–H and O–H groups in total. The third-order valence-electron chi connectivity index (χ3n) is 3.19. The number of rotatable bonds is 5. The minimum Gasteiger partial charge on any atom is -0.481 e. The molecule has 1 aliphatic rings. The lowest BCUT2D eigenvalue weighted by Crippen LogP contribution is -2.38. The van der Waals surface area contributed by atoms with Crippen LogP contribution in [0.15, 0.2) is 0 Å². The van der Waals surface area contributed by atoms with Crippen LogP contribution in [0, 0.1) is 5.92 Å². The van der Waals surface area contributed by atoms with Crippen molar-refractivity contribution >= 4 is 5.97 Å². The minimum atomic E-state index is -0.672. The second kappa shape index (κ2) is 5.64. The Kier molecular flexibility index (Phi) is 4.74. The highest BCUT2D eigenvalue weighted by Crippen LogP contribution is 2.24. The molecule has 0 aromatic rings. The molecule has 0 aromatic carbocycles. The van der Waals surface area contributed by atoms with Gasteiger partial charge in [0.2, 0.25) is 0 Å². The van der Waals surface area contributed by atoms with Gasteiger partial charge >= 0.3 is 5.97 Å². The van der Waals surface area contributed by atoms with Gasteiger partial charge in [0.1, 0.15) is 0 Å². The smallest absolute Gasteiger partial charge is 0.306 e. The molecule has 1 aliphatic carbocycles. The first-order valence-electron chi connectivity index (χ1n) is 6.07. The average molecular weight is 229 g/mol. The van der Waals surface area contributed by atoms with E-state index >= 15 is 0 Å². The molecule has 0 aromatic heterocycles. The van der Waals surface area contributed by atoms with Gasteiger partial charge in [0.25, 0.3) is 0 Å². The standard InChI is InChI=1S/C12H23NO3/c1-12(2,16)6-7-13-10-5-3-4-9(8-10)11(14)15/h9-10,13,16H,3-8H2,1-2H3,(H,14,15). The highest BCUT2D eigenvalue weighted by molar-refractivity contribution is 5.70. The van der Waals surface area contributed by atoms with Crippen molar-refractivity contribution in [3.05, 3.63) is 0 Å². The zero-order valence-corrected chi connectivity index (χ0v) is 10.2. The van der Waals surface area contributed by atoms with Gasteiger partial charge in [-0.3, -0.25) is 4.79 Å². The molecule has 0 bridgehead atoms. The fraction of sp³-hybridized carbons (Fsp3) is 0.917. The van der Waals surface area contributed by atoms with E-state index in [9.17, 15) is 9.90 Å². The molecule has 0 radical (unpaired) electrons. The van der Waals surface area contributed by atoms with Crippen LogP contribution >= 0.6 is 0 Å². The normalized spacial score (nSPS) is 26.7. The molecule has 94 valence electrons. The summed E-state index contributed by atoms with van der Waals surface area (Å²) >= 11 is 0. The van der Waals surface area contributed by atoms with Crippen LogP contribution in [-0.4, -0.2) is 34.4 Å². The summed E-state index contributed by atoms with van der Waals surface area (Å²) in [7, 11) is 0. The molecule has 0 spiro atoms. The number of hydrogen-bond acceptors (Lipinski definition) is 3. The Morgan fingerprint density at radius 2 is 2.12 bits per heavy atom. The third-order valence-corrected chi connectivity index (χ3v) is 3.19. The molecule has 4 heteroatoms. The summed E-state index contributed by atoms with van der Waals surface area (Å²) in [6.07, 6.45) is 4.26. The Bertz CT molecular complexity index is 235. The maximum atomic E-state index is 10.9. The van der Waals surface area contributed by atoms with Crippen LogP contribution in [0.5, 0.6) is 0 Å². The first-order valence-corrected chi connectivity index (χ1v) is 6.07. The quantitative estimate of drug-likeness (QED) is 0.666. The van der Waals surface area contributed by atoms with Crippen molar-refractivity contribution in [1.82, 2.24) is 5.32 Å². The van der Waals surface area contributed by atoms with Crippen molar-refractivity contribution in [3.8, 4) is 0 Å². The van der Waals surface area contributed by atoms with Crippen LogP contribution in [0.3, 0.4) is 0 Å². The predicted molar refractivity (Wildman–Crippen MR) is 62.3 cm³/mol. The van der Waals surface area contributed by atoms with Crippen LogP contribution in [-0.2, 0) is 4.79 Å². The Balaban J connectivity index is 2.24. The maximum absolute atomic E-state index is 10.9. The Morgan fingerprint density at radius 3 is 2.69 bits per heavy atom. The molecular weight excluding hydrogens is 206 g/mol.